The van der Waals surface area contributed by atoms with Crippen LogP contribution in [0.2, 0.25) is 0 Å². The third-order valence-corrected chi connectivity index (χ3v) is 3.42. The summed E-state index contributed by atoms with van der Waals surface area (Å²) in [5.41, 5.74) is 2.90. The van der Waals surface area contributed by atoms with Gasteiger partial charge in [0.15, 0.2) is 5.78 Å². The predicted molar refractivity (Wildman–Crippen MR) is 81.5 cm³/mol. The molecule has 0 saturated heterocycles. The van der Waals surface area contributed by atoms with Crippen molar-refractivity contribution >= 4 is 5.78 Å². The van der Waals surface area contributed by atoms with Gasteiger partial charge < -0.3 is 10.2 Å². The van der Waals surface area contributed by atoms with Crippen molar-refractivity contribution in [2.75, 3.05) is 0 Å². The average molecular weight is 276 g/mol. The van der Waals surface area contributed by atoms with Gasteiger partial charge in [0.2, 0.25) is 0 Å². The minimum atomic E-state index is -0.123. The largest absolute Gasteiger partial charge is 0.508 e. The topological polar surface area (TPSA) is 57.5 Å². The lowest BCUT2D eigenvalue weighted by atomic mass is 9.93. The number of aromatic hydroxyl groups is 2. The lowest BCUT2D eigenvalue weighted by molar-refractivity contribution is 0.0976. The van der Waals surface area contributed by atoms with E-state index < -0.39 is 0 Å². The van der Waals surface area contributed by atoms with Crippen LogP contribution in [-0.4, -0.2) is 16.0 Å². The molecule has 20 heavy (non-hydrogen) atoms. The number of benzene rings is 1. The summed E-state index contributed by atoms with van der Waals surface area (Å²) < 4.78 is 0. The zero-order chi connectivity index (χ0) is 15.3. The molecule has 0 unspecified atom stereocenters. The van der Waals surface area contributed by atoms with Gasteiger partial charge in [0.05, 0.1) is 5.56 Å². The smallest absolute Gasteiger partial charge is 0.166 e. The van der Waals surface area contributed by atoms with E-state index in [1.165, 1.54) is 6.07 Å². The fourth-order valence-corrected chi connectivity index (χ4v) is 2.20. The van der Waals surface area contributed by atoms with Crippen molar-refractivity contribution in [3.63, 3.8) is 0 Å². The monoisotopic (exact) mass is 276 g/mol. The van der Waals surface area contributed by atoms with Crippen LogP contribution in [0.3, 0.4) is 0 Å². The molecule has 1 aromatic carbocycles. The van der Waals surface area contributed by atoms with E-state index in [0.29, 0.717) is 29.5 Å². The Balaban J connectivity index is 3.21. The van der Waals surface area contributed by atoms with Crippen LogP contribution in [0.4, 0.5) is 0 Å². The highest BCUT2D eigenvalue weighted by Crippen LogP contribution is 2.33. The third-order valence-electron chi connectivity index (χ3n) is 3.42. The number of allylic oxidation sites excluding steroid dienone is 2. The van der Waals surface area contributed by atoms with Gasteiger partial charge in [-0.25, -0.2) is 0 Å². The van der Waals surface area contributed by atoms with Crippen molar-refractivity contribution < 1.29 is 15.0 Å². The SMILES string of the molecule is CCCCC(=O)c1c(O)cc(O)c(CC=C(C)C)c1C. The lowest BCUT2D eigenvalue weighted by Gasteiger charge is -2.13. The van der Waals surface area contributed by atoms with Crippen LogP contribution in [0.1, 0.15) is 61.5 Å². The minimum Gasteiger partial charge on any atom is -0.508 e. The van der Waals surface area contributed by atoms with Crippen LogP contribution in [-0.2, 0) is 6.42 Å². The number of rotatable bonds is 6. The zero-order valence-electron chi connectivity index (χ0n) is 12.8. The van der Waals surface area contributed by atoms with Gasteiger partial charge in [-0.3, -0.25) is 4.79 Å². The molecule has 0 radical (unpaired) electrons. The summed E-state index contributed by atoms with van der Waals surface area (Å²) >= 11 is 0. The maximum absolute atomic E-state index is 12.2. The molecule has 0 spiro atoms. The molecule has 110 valence electrons. The quantitative estimate of drug-likeness (QED) is 0.602. The lowest BCUT2D eigenvalue weighted by Crippen LogP contribution is -2.05. The third kappa shape index (κ3) is 3.86. The summed E-state index contributed by atoms with van der Waals surface area (Å²) in [6, 6.07) is 1.28. The van der Waals surface area contributed by atoms with Crippen molar-refractivity contribution in [1.29, 1.82) is 0 Å². The molecule has 0 fully saturated rings. The molecule has 0 saturated carbocycles. The van der Waals surface area contributed by atoms with E-state index in [4.69, 9.17) is 0 Å². The van der Waals surface area contributed by atoms with Gasteiger partial charge >= 0.3 is 0 Å². The Kier molecular flexibility index (Phi) is 5.81. The van der Waals surface area contributed by atoms with E-state index in [1.807, 2.05) is 26.8 Å². The van der Waals surface area contributed by atoms with E-state index in [2.05, 4.69) is 0 Å². The van der Waals surface area contributed by atoms with Crippen LogP contribution < -0.4 is 0 Å². The van der Waals surface area contributed by atoms with E-state index in [1.54, 1.807) is 6.92 Å². The maximum Gasteiger partial charge on any atom is 0.166 e. The van der Waals surface area contributed by atoms with E-state index in [9.17, 15) is 15.0 Å². The molecule has 3 heteroatoms. The molecule has 1 rings (SSSR count). The molecular formula is C17H24O3. The van der Waals surface area contributed by atoms with Crippen LogP contribution in [0.25, 0.3) is 0 Å². The van der Waals surface area contributed by atoms with Crippen LogP contribution >= 0.6 is 0 Å². The Morgan fingerprint density at radius 2 is 1.90 bits per heavy atom. The number of phenolic OH excluding ortho intramolecular Hbond substituents is 2. The van der Waals surface area contributed by atoms with Gasteiger partial charge in [0.1, 0.15) is 11.5 Å². The Morgan fingerprint density at radius 1 is 1.25 bits per heavy atom. The Morgan fingerprint density at radius 3 is 2.45 bits per heavy atom. The molecule has 0 aromatic heterocycles. The van der Waals surface area contributed by atoms with Gasteiger partial charge in [-0.15, -0.1) is 0 Å². The molecule has 0 bridgehead atoms. The number of phenols is 2. The number of carbonyl (C=O) groups is 1. The van der Waals surface area contributed by atoms with E-state index >= 15 is 0 Å². The minimum absolute atomic E-state index is 0.0459. The first-order valence-electron chi connectivity index (χ1n) is 7.09. The van der Waals surface area contributed by atoms with Gasteiger partial charge in [0.25, 0.3) is 0 Å². The molecule has 0 aliphatic rings. The second-order valence-corrected chi connectivity index (χ2v) is 5.41. The predicted octanol–water partition coefficient (Wildman–Crippen LogP) is 4.29. The Labute approximate surface area is 121 Å². The number of carbonyl (C=O) groups excluding carboxylic acids is 1. The number of hydrogen-bond donors (Lipinski definition) is 2. The Hall–Kier alpha value is -1.77. The van der Waals surface area contributed by atoms with Crippen molar-refractivity contribution in [2.24, 2.45) is 0 Å². The number of ketones is 1. The second kappa shape index (κ2) is 7.13. The van der Waals surface area contributed by atoms with Crippen molar-refractivity contribution in [1.82, 2.24) is 0 Å². The molecular weight excluding hydrogens is 252 g/mol. The fraction of sp³-hybridized carbons (Fsp3) is 0.471. The highest BCUT2D eigenvalue weighted by Gasteiger charge is 2.19. The van der Waals surface area contributed by atoms with E-state index in [-0.39, 0.29) is 17.3 Å². The molecule has 0 amide bonds. The molecule has 3 nitrogen and oxygen atoms in total. The molecule has 0 aliphatic carbocycles. The summed E-state index contributed by atoms with van der Waals surface area (Å²) in [5.74, 6) is -0.133. The molecule has 1 aromatic rings. The average Bonchev–Trinajstić information content (AvgIpc) is 2.35. The summed E-state index contributed by atoms with van der Waals surface area (Å²) in [4.78, 5) is 12.2. The van der Waals surface area contributed by atoms with Crippen molar-refractivity contribution in [3.05, 3.63) is 34.4 Å². The fourth-order valence-electron chi connectivity index (χ4n) is 2.20. The molecule has 0 aliphatic heterocycles. The zero-order valence-corrected chi connectivity index (χ0v) is 12.8. The summed E-state index contributed by atoms with van der Waals surface area (Å²) in [7, 11) is 0. The van der Waals surface area contributed by atoms with Gasteiger partial charge in [-0.1, -0.05) is 25.0 Å². The highest BCUT2D eigenvalue weighted by atomic mass is 16.3. The number of hydrogen-bond acceptors (Lipinski definition) is 3. The number of Topliss-reactive ketones (excluding diaryl/α,β-unsaturated/α-hetero) is 1. The molecule has 0 heterocycles. The van der Waals surface area contributed by atoms with Gasteiger partial charge in [-0.2, -0.15) is 0 Å². The number of unbranched alkanes of at least 4 members (excludes halogenated alkanes) is 1. The Bertz CT molecular complexity index is 524. The summed E-state index contributed by atoms with van der Waals surface area (Å²) in [6.45, 7) is 7.78. The van der Waals surface area contributed by atoms with Gasteiger partial charge in [-0.05, 0) is 39.2 Å². The van der Waals surface area contributed by atoms with Crippen LogP contribution in [0.15, 0.2) is 17.7 Å². The van der Waals surface area contributed by atoms with E-state index in [0.717, 1.165) is 18.4 Å². The van der Waals surface area contributed by atoms with Crippen LogP contribution in [0.5, 0.6) is 11.5 Å². The van der Waals surface area contributed by atoms with Gasteiger partial charge in [0, 0.05) is 18.1 Å². The first kappa shape index (κ1) is 16.3. The molecule has 0 atom stereocenters. The summed E-state index contributed by atoms with van der Waals surface area (Å²) in [5, 5.41) is 19.9. The second-order valence-electron chi connectivity index (χ2n) is 5.41. The van der Waals surface area contributed by atoms with Crippen molar-refractivity contribution in [2.45, 2.75) is 53.4 Å². The summed E-state index contributed by atoms with van der Waals surface area (Å²) in [6.07, 6.45) is 4.74. The first-order valence-corrected chi connectivity index (χ1v) is 7.09. The van der Waals surface area contributed by atoms with Crippen LogP contribution in [0, 0.1) is 6.92 Å². The van der Waals surface area contributed by atoms with Crippen molar-refractivity contribution in [3.8, 4) is 11.5 Å². The normalized spacial score (nSPS) is 10.4. The first-order chi connectivity index (χ1) is 9.38. The molecule has 2 N–H and O–H groups in total. The standard InChI is InChI=1S/C17H24O3/c1-5-6-7-14(18)17-12(4)13(9-8-11(2)3)15(19)10-16(17)20/h8,10,19-20H,5-7,9H2,1-4H3. The highest BCUT2D eigenvalue weighted by molar-refractivity contribution is 6.00. The maximum atomic E-state index is 12.2.